The van der Waals surface area contributed by atoms with Gasteiger partial charge in [-0.05, 0) is 46.5 Å². The first-order chi connectivity index (χ1) is 13.1. The van der Waals surface area contributed by atoms with Gasteiger partial charge in [-0.1, -0.05) is 20.3 Å². The van der Waals surface area contributed by atoms with Crippen LogP contribution in [-0.2, 0) is 14.3 Å². The smallest absolute Gasteiger partial charge is 0.408 e. The van der Waals surface area contributed by atoms with Crippen LogP contribution in [0.3, 0.4) is 0 Å². The molecule has 1 amide bonds. The third kappa shape index (κ3) is 14.4. The van der Waals surface area contributed by atoms with Crippen molar-refractivity contribution in [3.63, 3.8) is 0 Å². The third-order valence-electron chi connectivity index (χ3n) is 4.52. The Morgan fingerprint density at radius 1 is 1.00 bits per heavy atom. The summed E-state index contributed by atoms with van der Waals surface area (Å²) in [5, 5.41) is 9.57. The Balaban J connectivity index is 0. The predicted molar refractivity (Wildman–Crippen MR) is 128 cm³/mol. The number of aliphatic imine (C=N–C) groups is 1. The van der Waals surface area contributed by atoms with E-state index in [1.807, 2.05) is 34.6 Å². The molecule has 0 aromatic heterocycles. The van der Waals surface area contributed by atoms with Crippen LogP contribution in [0.4, 0.5) is 4.79 Å². The standard InChI is InChI=1S/C20H40N4O4.HI/c1-8-20(9-2,24-18(26)28-19(3,4)5)15-23-17(21-6)22-14-12-10-11-13-16(25)27-7;/h8-15H2,1-7H3,(H,24,26)(H2,21,22,23);1H. The van der Waals surface area contributed by atoms with E-state index < -0.39 is 17.2 Å². The Bertz CT molecular complexity index is 503. The number of hydrogen-bond acceptors (Lipinski definition) is 5. The number of carbonyl (C=O) groups is 2. The van der Waals surface area contributed by atoms with Crippen molar-refractivity contribution in [1.82, 2.24) is 16.0 Å². The van der Waals surface area contributed by atoms with E-state index in [0.717, 1.165) is 38.6 Å². The molecule has 0 rings (SSSR count). The molecule has 0 saturated heterocycles. The lowest BCUT2D eigenvalue weighted by Crippen LogP contribution is -2.57. The minimum Gasteiger partial charge on any atom is -0.469 e. The number of unbranched alkanes of at least 4 members (excludes halogenated alkanes) is 2. The molecular formula is C20H41IN4O4. The zero-order chi connectivity index (χ0) is 21.6. The Morgan fingerprint density at radius 2 is 1.62 bits per heavy atom. The first-order valence-corrected chi connectivity index (χ1v) is 10.1. The molecule has 0 aliphatic rings. The summed E-state index contributed by atoms with van der Waals surface area (Å²) in [7, 11) is 3.12. The number of esters is 1. The van der Waals surface area contributed by atoms with Crippen LogP contribution in [0.2, 0.25) is 0 Å². The van der Waals surface area contributed by atoms with Crippen LogP contribution < -0.4 is 16.0 Å². The highest BCUT2D eigenvalue weighted by atomic mass is 127. The van der Waals surface area contributed by atoms with Crippen molar-refractivity contribution < 1.29 is 19.1 Å². The van der Waals surface area contributed by atoms with Crippen LogP contribution in [-0.4, -0.2) is 56.4 Å². The molecule has 0 aliphatic heterocycles. The second-order valence-electron chi connectivity index (χ2n) is 7.85. The summed E-state index contributed by atoms with van der Waals surface area (Å²) in [5.74, 6) is 0.517. The van der Waals surface area contributed by atoms with E-state index in [1.54, 1.807) is 7.05 Å². The Hall–Kier alpha value is -1.26. The highest BCUT2D eigenvalue weighted by molar-refractivity contribution is 14.0. The molecule has 0 aromatic carbocycles. The van der Waals surface area contributed by atoms with Gasteiger partial charge in [0.1, 0.15) is 5.60 Å². The summed E-state index contributed by atoms with van der Waals surface area (Å²) < 4.78 is 10.0. The Morgan fingerprint density at radius 3 is 2.10 bits per heavy atom. The summed E-state index contributed by atoms with van der Waals surface area (Å²) in [6.07, 6.45) is 4.25. The van der Waals surface area contributed by atoms with Gasteiger partial charge in [-0.25, -0.2) is 4.79 Å². The zero-order valence-electron chi connectivity index (χ0n) is 19.1. The van der Waals surface area contributed by atoms with Crippen molar-refractivity contribution in [2.75, 3.05) is 27.2 Å². The highest BCUT2D eigenvalue weighted by Crippen LogP contribution is 2.16. The number of rotatable bonds is 11. The number of alkyl carbamates (subject to hydrolysis) is 1. The molecular weight excluding hydrogens is 487 g/mol. The van der Waals surface area contributed by atoms with Gasteiger partial charge in [-0.3, -0.25) is 9.79 Å². The maximum absolute atomic E-state index is 12.2. The molecule has 0 radical (unpaired) electrons. The first kappa shape index (κ1) is 29.9. The molecule has 0 unspecified atom stereocenters. The molecule has 0 heterocycles. The lowest BCUT2D eigenvalue weighted by Gasteiger charge is -2.34. The molecule has 8 nitrogen and oxygen atoms in total. The summed E-state index contributed by atoms with van der Waals surface area (Å²) in [6, 6.07) is 0. The number of carbonyl (C=O) groups excluding carboxylic acids is 2. The van der Waals surface area contributed by atoms with Gasteiger partial charge in [0, 0.05) is 26.6 Å². The van der Waals surface area contributed by atoms with Gasteiger partial charge in [-0.15, -0.1) is 24.0 Å². The molecule has 0 bridgehead atoms. The largest absolute Gasteiger partial charge is 0.469 e. The normalized spacial score (nSPS) is 11.9. The van der Waals surface area contributed by atoms with E-state index in [2.05, 4.69) is 25.7 Å². The number of hydrogen-bond donors (Lipinski definition) is 3. The zero-order valence-corrected chi connectivity index (χ0v) is 21.5. The van der Waals surface area contributed by atoms with Gasteiger partial charge in [0.25, 0.3) is 0 Å². The molecule has 29 heavy (non-hydrogen) atoms. The molecule has 0 atom stereocenters. The number of halogens is 1. The van der Waals surface area contributed by atoms with Gasteiger partial charge in [0.2, 0.25) is 0 Å². The van der Waals surface area contributed by atoms with Crippen LogP contribution in [0.5, 0.6) is 0 Å². The fourth-order valence-corrected chi connectivity index (χ4v) is 2.59. The van der Waals surface area contributed by atoms with E-state index >= 15 is 0 Å². The van der Waals surface area contributed by atoms with E-state index in [0.29, 0.717) is 18.9 Å². The molecule has 0 aromatic rings. The number of ether oxygens (including phenoxy) is 2. The second-order valence-corrected chi connectivity index (χ2v) is 7.85. The van der Waals surface area contributed by atoms with Gasteiger partial charge in [-0.2, -0.15) is 0 Å². The van der Waals surface area contributed by atoms with Gasteiger partial charge in [0.15, 0.2) is 5.96 Å². The van der Waals surface area contributed by atoms with Gasteiger partial charge >= 0.3 is 12.1 Å². The quantitative estimate of drug-likeness (QED) is 0.125. The van der Waals surface area contributed by atoms with Gasteiger partial charge in [0.05, 0.1) is 12.6 Å². The van der Waals surface area contributed by atoms with E-state index in [9.17, 15) is 9.59 Å². The van der Waals surface area contributed by atoms with E-state index in [-0.39, 0.29) is 29.9 Å². The van der Waals surface area contributed by atoms with E-state index in [4.69, 9.17) is 4.74 Å². The van der Waals surface area contributed by atoms with Gasteiger partial charge < -0.3 is 25.4 Å². The summed E-state index contributed by atoms with van der Waals surface area (Å²) in [5.41, 5.74) is -0.948. The van der Waals surface area contributed by atoms with Crippen molar-refractivity contribution in [1.29, 1.82) is 0 Å². The molecule has 9 heteroatoms. The second kappa shape index (κ2) is 15.6. The maximum Gasteiger partial charge on any atom is 0.408 e. The van der Waals surface area contributed by atoms with Crippen LogP contribution in [0.15, 0.2) is 4.99 Å². The highest BCUT2D eigenvalue weighted by Gasteiger charge is 2.30. The number of guanidine groups is 1. The Kier molecular flexibility index (Phi) is 16.1. The fraction of sp³-hybridized carbons (Fsp3) is 0.850. The summed E-state index contributed by atoms with van der Waals surface area (Å²) >= 11 is 0. The lowest BCUT2D eigenvalue weighted by atomic mass is 9.93. The van der Waals surface area contributed by atoms with Crippen molar-refractivity contribution in [3.8, 4) is 0 Å². The van der Waals surface area contributed by atoms with Crippen molar-refractivity contribution in [3.05, 3.63) is 0 Å². The monoisotopic (exact) mass is 528 g/mol. The molecule has 0 saturated carbocycles. The van der Waals surface area contributed by atoms with Crippen LogP contribution >= 0.6 is 24.0 Å². The SMILES string of the molecule is CCC(CC)(CNC(=NC)NCCCCCC(=O)OC)NC(=O)OC(C)(C)C.I. The average molecular weight is 528 g/mol. The average Bonchev–Trinajstić information content (AvgIpc) is 2.63. The van der Waals surface area contributed by atoms with E-state index in [1.165, 1.54) is 7.11 Å². The number of nitrogens with zero attached hydrogens (tertiary/aromatic N) is 1. The van der Waals surface area contributed by atoms with Crippen molar-refractivity contribution >= 4 is 42.0 Å². The lowest BCUT2D eigenvalue weighted by molar-refractivity contribution is -0.140. The minimum atomic E-state index is -0.532. The Labute approximate surface area is 193 Å². The minimum absolute atomic E-state index is 0. The topological polar surface area (TPSA) is 101 Å². The third-order valence-corrected chi connectivity index (χ3v) is 4.52. The number of methoxy groups -OCH3 is 1. The summed E-state index contributed by atoms with van der Waals surface area (Å²) in [6.45, 7) is 10.9. The van der Waals surface area contributed by atoms with Crippen molar-refractivity contribution in [2.24, 2.45) is 4.99 Å². The van der Waals surface area contributed by atoms with Crippen molar-refractivity contribution in [2.45, 2.75) is 84.3 Å². The first-order valence-electron chi connectivity index (χ1n) is 10.1. The fourth-order valence-electron chi connectivity index (χ4n) is 2.59. The van der Waals surface area contributed by atoms with Crippen LogP contribution in [0.1, 0.15) is 73.1 Å². The van der Waals surface area contributed by atoms with Crippen LogP contribution in [0, 0.1) is 0 Å². The molecule has 0 fully saturated rings. The molecule has 0 spiro atoms. The molecule has 3 N–H and O–H groups in total. The van der Waals surface area contributed by atoms with Crippen LogP contribution in [0.25, 0.3) is 0 Å². The predicted octanol–water partition coefficient (Wildman–Crippen LogP) is 3.59. The molecule has 0 aliphatic carbocycles. The summed E-state index contributed by atoms with van der Waals surface area (Å²) in [4.78, 5) is 27.5. The number of amides is 1. The maximum atomic E-state index is 12.2. The molecule has 172 valence electrons. The number of nitrogens with one attached hydrogen (secondary N) is 3.